The Kier molecular flexibility index (Phi) is 7.71. The first-order chi connectivity index (χ1) is 13.5. The molecule has 0 radical (unpaired) electrons. The van der Waals surface area contributed by atoms with E-state index in [2.05, 4.69) is 16.0 Å². The predicted molar refractivity (Wildman–Crippen MR) is 102 cm³/mol. The summed E-state index contributed by atoms with van der Waals surface area (Å²) in [5.41, 5.74) is 2.41. The first-order valence-corrected chi connectivity index (χ1v) is 8.56. The van der Waals surface area contributed by atoms with Crippen molar-refractivity contribution in [3.63, 3.8) is 0 Å². The highest BCUT2D eigenvalue weighted by atomic mass is 16.5. The van der Waals surface area contributed by atoms with Crippen LogP contribution in [0.25, 0.3) is 11.1 Å². The summed E-state index contributed by atoms with van der Waals surface area (Å²) in [5.74, 6) is -2.17. The van der Waals surface area contributed by atoms with Crippen LogP contribution in [-0.4, -0.2) is 50.4 Å². The summed E-state index contributed by atoms with van der Waals surface area (Å²) in [5, 5.41) is 7.05. The van der Waals surface area contributed by atoms with Crippen LogP contribution in [0.2, 0.25) is 0 Å². The first-order valence-electron chi connectivity index (χ1n) is 8.56. The van der Waals surface area contributed by atoms with Crippen molar-refractivity contribution in [1.82, 2.24) is 16.0 Å². The van der Waals surface area contributed by atoms with Gasteiger partial charge >= 0.3 is 5.97 Å². The third-order valence-electron chi connectivity index (χ3n) is 3.74. The fourth-order valence-corrected chi connectivity index (χ4v) is 2.21. The topological polar surface area (TPSA) is 114 Å². The van der Waals surface area contributed by atoms with E-state index in [-0.39, 0.29) is 19.0 Å². The summed E-state index contributed by atoms with van der Waals surface area (Å²) in [6.07, 6.45) is 0. The average molecular weight is 383 g/mol. The number of rotatable bonds is 8. The highest BCUT2D eigenvalue weighted by Crippen LogP contribution is 2.19. The lowest BCUT2D eigenvalue weighted by atomic mass is 10.0. The summed E-state index contributed by atoms with van der Waals surface area (Å²) in [4.78, 5) is 46.1. The molecule has 0 aliphatic heterocycles. The smallest absolute Gasteiger partial charge is 0.325 e. The van der Waals surface area contributed by atoms with Crippen molar-refractivity contribution < 1.29 is 23.9 Å². The van der Waals surface area contributed by atoms with Gasteiger partial charge in [0.2, 0.25) is 5.91 Å². The van der Waals surface area contributed by atoms with Gasteiger partial charge in [-0.05, 0) is 23.3 Å². The monoisotopic (exact) mass is 383 g/mol. The second kappa shape index (κ2) is 10.5. The zero-order valence-electron chi connectivity index (χ0n) is 15.4. The SMILES string of the molecule is CNC(=O)CNC(=O)COC(=O)CNC(=O)c1ccc(-c2ccccc2)cc1. The second-order valence-corrected chi connectivity index (χ2v) is 5.74. The van der Waals surface area contributed by atoms with Gasteiger partial charge in [-0.25, -0.2) is 0 Å². The molecule has 0 spiro atoms. The third-order valence-corrected chi connectivity index (χ3v) is 3.74. The number of ether oxygens (including phenoxy) is 1. The highest BCUT2D eigenvalue weighted by Gasteiger charge is 2.11. The van der Waals surface area contributed by atoms with Gasteiger partial charge in [0, 0.05) is 12.6 Å². The van der Waals surface area contributed by atoms with E-state index in [4.69, 9.17) is 4.74 Å². The van der Waals surface area contributed by atoms with Gasteiger partial charge in [-0.2, -0.15) is 0 Å². The minimum atomic E-state index is -0.760. The molecule has 0 saturated heterocycles. The van der Waals surface area contributed by atoms with E-state index in [1.54, 1.807) is 12.1 Å². The maximum Gasteiger partial charge on any atom is 0.325 e. The largest absolute Gasteiger partial charge is 0.454 e. The molecule has 0 aromatic heterocycles. The molecule has 2 aromatic carbocycles. The Balaban J connectivity index is 1.75. The number of hydrogen-bond acceptors (Lipinski definition) is 5. The number of likely N-dealkylation sites (N-methyl/N-ethyl adjacent to an activating group) is 1. The number of amides is 3. The van der Waals surface area contributed by atoms with Crippen LogP contribution < -0.4 is 16.0 Å². The van der Waals surface area contributed by atoms with Gasteiger partial charge in [0.25, 0.3) is 11.8 Å². The van der Waals surface area contributed by atoms with Gasteiger partial charge in [-0.15, -0.1) is 0 Å². The van der Waals surface area contributed by atoms with Crippen LogP contribution in [0.3, 0.4) is 0 Å². The summed E-state index contributed by atoms with van der Waals surface area (Å²) in [6.45, 7) is -1.11. The van der Waals surface area contributed by atoms with Gasteiger partial charge in [-0.3, -0.25) is 19.2 Å². The fraction of sp³-hybridized carbons (Fsp3) is 0.200. The van der Waals surface area contributed by atoms with Crippen molar-refractivity contribution in [2.24, 2.45) is 0 Å². The molecule has 0 fully saturated rings. The van der Waals surface area contributed by atoms with E-state index in [1.165, 1.54) is 7.05 Å². The number of benzene rings is 2. The Bertz CT molecular complexity index is 835. The van der Waals surface area contributed by atoms with E-state index in [1.807, 2.05) is 42.5 Å². The zero-order valence-corrected chi connectivity index (χ0v) is 15.4. The van der Waals surface area contributed by atoms with Crippen LogP contribution >= 0.6 is 0 Å². The predicted octanol–water partition coefficient (Wildman–Crippen LogP) is 0.489. The lowest BCUT2D eigenvalue weighted by molar-refractivity contribution is -0.147. The number of hydrogen-bond donors (Lipinski definition) is 3. The molecule has 8 heteroatoms. The van der Waals surface area contributed by atoms with Crippen LogP contribution in [0.5, 0.6) is 0 Å². The molecular formula is C20H21N3O5. The quantitative estimate of drug-likeness (QED) is 0.574. The molecular weight excluding hydrogens is 362 g/mol. The molecule has 28 heavy (non-hydrogen) atoms. The standard InChI is InChI=1S/C20H21N3O5/c1-21-17(24)11-22-18(25)13-28-19(26)12-23-20(27)16-9-7-15(8-10-16)14-5-3-2-4-6-14/h2-10H,11-13H2,1H3,(H,21,24)(H,22,25)(H,23,27). The van der Waals surface area contributed by atoms with Crippen LogP contribution in [0, 0.1) is 0 Å². The lowest BCUT2D eigenvalue weighted by Gasteiger charge is -2.08. The normalized spacial score (nSPS) is 9.89. The average Bonchev–Trinajstić information content (AvgIpc) is 2.74. The highest BCUT2D eigenvalue weighted by molar-refractivity contribution is 5.96. The molecule has 3 N–H and O–H groups in total. The van der Waals surface area contributed by atoms with E-state index < -0.39 is 24.4 Å². The molecule has 2 aromatic rings. The molecule has 8 nitrogen and oxygen atoms in total. The van der Waals surface area contributed by atoms with Crippen LogP contribution in [0.4, 0.5) is 0 Å². The van der Waals surface area contributed by atoms with E-state index in [0.29, 0.717) is 5.56 Å². The maximum absolute atomic E-state index is 12.1. The number of nitrogens with one attached hydrogen (secondary N) is 3. The van der Waals surface area contributed by atoms with Crippen molar-refractivity contribution in [3.05, 3.63) is 60.2 Å². The van der Waals surface area contributed by atoms with Crippen molar-refractivity contribution in [1.29, 1.82) is 0 Å². The minimum absolute atomic E-state index is 0.206. The maximum atomic E-state index is 12.1. The molecule has 0 atom stereocenters. The zero-order chi connectivity index (χ0) is 20.4. The van der Waals surface area contributed by atoms with Crippen molar-refractivity contribution in [2.75, 3.05) is 26.7 Å². The second-order valence-electron chi connectivity index (χ2n) is 5.74. The molecule has 0 saturated carbocycles. The summed E-state index contributed by atoms with van der Waals surface area (Å²) >= 11 is 0. The Morgan fingerprint density at radius 2 is 1.43 bits per heavy atom. The summed E-state index contributed by atoms with van der Waals surface area (Å²) in [6, 6.07) is 16.7. The molecule has 0 bridgehead atoms. The van der Waals surface area contributed by atoms with E-state index in [0.717, 1.165) is 11.1 Å². The van der Waals surface area contributed by atoms with Gasteiger partial charge < -0.3 is 20.7 Å². The molecule has 0 aliphatic carbocycles. The van der Waals surface area contributed by atoms with Crippen LogP contribution in [0.1, 0.15) is 10.4 Å². The van der Waals surface area contributed by atoms with Gasteiger partial charge in [0.05, 0.1) is 6.54 Å². The lowest BCUT2D eigenvalue weighted by Crippen LogP contribution is -2.38. The molecule has 0 unspecified atom stereocenters. The van der Waals surface area contributed by atoms with Gasteiger partial charge in [-0.1, -0.05) is 42.5 Å². The van der Waals surface area contributed by atoms with Crippen molar-refractivity contribution in [2.45, 2.75) is 0 Å². The molecule has 0 heterocycles. The van der Waals surface area contributed by atoms with Gasteiger partial charge in [0.1, 0.15) is 6.54 Å². The number of carbonyl (C=O) groups is 4. The fourth-order valence-electron chi connectivity index (χ4n) is 2.21. The first kappa shape index (κ1) is 20.6. The summed E-state index contributed by atoms with van der Waals surface area (Å²) in [7, 11) is 1.44. The third kappa shape index (κ3) is 6.56. The Hall–Kier alpha value is -3.68. The Morgan fingerprint density at radius 1 is 0.786 bits per heavy atom. The minimum Gasteiger partial charge on any atom is -0.454 e. The number of carbonyl (C=O) groups excluding carboxylic acids is 4. The van der Waals surface area contributed by atoms with Crippen LogP contribution in [-0.2, 0) is 19.1 Å². The van der Waals surface area contributed by atoms with Crippen molar-refractivity contribution in [3.8, 4) is 11.1 Å². The molecule has 0 aliphatic rings. The molecule has 3 amide bonds. The van der Waals surface area contributed by atoms with Gasteiger partial charge in [0.15, 0.2) is 6.61 Å². The molecule has 146 valence electrons. The number of esters is 1. The van der Waals surface area contributed by atoms with Crippen LogP contribution in [0.15, 0.2) is 54.6 Å². The van der Waals surface area contributed by atoms with E-state index in [9.17, 15) is 19.2 Å². The van der Waals surface area contributed by atoms with E-state index >= 15 is 0 Å². The molecule has 2 rings (SSSR count). The Labute approximate surface area is 162 Å². The summed E-state index contributed by atoms with van der Waals surface area (Å²) < 4.78 is 4.74. The van der Waals surface area contributed by atoms with Crippen molar-refractivity contribution >= 4 is 23.7 Å². The Morgan fingerprint density at radius 3 is 2.07 bits per heavy atom.